The lowest BCUT2D eigenvalue weighted by atomic mass is 10.1. The molecule has 0 aliphatic heterocycles. The third-order valence-corrected chi connectivity index (χ3v) is 3.31. The molecule has 0 bridgehead atoms. The quantitative estimate of drug-likeness (QED) is 0.729. The maximum atomic E-state index is 5.70. The molecule has 2 aromatic carbocycles. The Balaban J connectivity index is 1.94. The minimum absolute atomic E-state index is 0.594. The topological polar surface area (TPSA) is 48.1 Å². The summed E-state index contributed by atoms with van der Waals surface area (Å²) in [6.45, 7) is 0. The van der Waals surface area contributed by atoms with Crippen LogP contribution >= 0.6 is 11.9 Å². The molecule has 0 aliphatic rings. The molecule has 0 radical (unpaired) electrons. The predicted molar refractivity (Wildman–Crippen MR) is 78.3 cm³/mol. The molecule has 19 heavy (non-hydrogen) atoms. The molecule has 0 atom stereocenters. The second kappa shape index (κ2) is 5.30. The van der Waals surface area contributed by atoms with Gasteiger partial charge in [0.25, 0.3) is 0 Å². The standard InChI is InChI=1S/C15H12N2OS/c16-19-14-7-5-11-9-13(6-4-12(11)10-14)18-15-3-1-2-8-17-15/h1-10H,16H2. The van der Waals surface area contributed by atoms with Gasteiger partial charge in [0.2, 0.25) is 5.88 Å². The molecule has 0 amide bonds. The molecule has 0 fully saturated rings. The van der Waals surface area contributed by atoms with Crippen molar-refractivity contribution in [3.05, 3.63) is 60.8 Å². The molecule has 1 heterocycles. The zero-order chi connectivity index (χ0) is 13.1. The van der Waals surface area contributed by atoms with E-state index in [1.54, 1.807) is 6.20 Å². The number of hydrogen-bond acceptors (Lipinski definition) is 4. The highest BCUT2D eigenvalue weighted by Gasteiger charge is 2.01. The Kier molecular flexibility index (Phi) is 3.35. The molecular formula is C15H12N2OS. The summed E-state index contributed by atoms with van der Waals surface area (Å²) < 4.78 is 5.70. The second-order valence-electron chi connectivity index (χ2n) is 4.06. The number of hydrogen-bond donors (Lipinski definition) is 1. The van der Waals surface area contributed by atoms with E-state index in [0.29, 0.717) is 5.88 Å². The fraction of sp³-hybridized carbons (Fsp3) is 0. The number of aromatic nitrogens is 1. The summed E-state index contributed by atoms with van der Waals surface area (Å²) in [5.41, 5.74) is 0. The van der Waals surface area contributed by atoms with Gasteiger partial charge in [0.15, 0.2) is 0 Å². The normalized spacial score (nSPS) is 10.6. The zero-order valence-corrected chi connectivity index (χ0v) is 10.9. The summed E-state index contributed by atoms with van der Waals surface area (Å²) in [6.07, 6.45) is 1.71. The number of fused-ring (bicyclic) bond motifs is 1. The highest BCUT2D eigenvalue weighted by Crippen LogP contribution is 2.26. The van der Waals surface area contributed by atoms with Gasteiger partial charge in [-0.3, -0.25) is 5.14 Å². The van der Waals surface area contributed by atoms with Crippen LogP contribution in [-0.4, -0.2) is 4.98 Å². The van der Waals surface area contributed by atoms with Crippen molar-refractivity contribution in [2.45, 2.75) is 4.90 Å². The van der Waals surface area contributed by atoms with Gasteiger partial charge in [-0.25, -0.2) is 4.98 Å². The third kappa shape index (κ3) is 2.70. The number of ether oxygens (including phenoxy) is 1. The molecule has 3 rings (SSSR count). The predicted octanol–water partition coefficient (Wildman–Crippen LogP) is 3.99. The molecule has 3 aromatic rings. The molecule has 0 saturated heterocycles. The van der Waals surface area contributed by atoms with Gasteiger partial charge in [-0.05, 0) is 53.1 Å². The van der Waals surface area contributed by atoms with E-state index in [9.17, 15) is 0 Å². The summed E-state index contributed by atoms with van der Waals surface area (Å²) in [6, 6.07) is 17.6. The second-order valence-corrected chi connectivity index (χ2v) is 4.77. The van der Waals surface area contributed by atoms with Crippen LogP contribution in [0.15, 0.2) is 65.7 Å². The lowest BCUT2D eigenvalue weighted by Gasteiger charge is -2.06. The van der Waals surface area contributed by atoms with E-state index in [0.717, 1.165) is 21.4 Å². The van der Waals surface area contributed by atoms with Crippen LogP contribution in [0.1, 0.15) is 0 Å². The number of nitrogens with zero attached hydrogens (tertiary/aromatic N) is 1. The maximum absolute atomic E-state index is 5.70. The molecule has 0 saturated carbocycles. The molecular weight excluding hydrogens is 256 g/mol. The van der Waals surface area contributed by atoms with Crippen LogP contribution in [0.4, 0.5) is 0 Å². The van der Waals surface area contributed by atoms with Crippen molar-refractivity contribution in [1.82, 2.24) is 4.98 Å². The zero-order valence-electron chi connectivity index (χ0n) is 10.1. The molecule has 0 unspecified atom stereocenters. The Labute approximate surface area is 115 Å². The first-order valence-corrected chi connectivity index (χ1v) is 6.72. The van der Waals surface area contributed by atoms with Gasteiger partial charge < -0.3 is 4.74 Å². The first-order valence-electron chi connectivity index (χ1n) is 5.84. The first-order chi connectivity index (χ1) is 9.35. The molecule has 3 nitrogen and oxygen atoms in total. The van der Waals surface area contributed by atoms with Gasteiger partial charge in [-0.2, -0.15) is 0 Å². The van der Waals surface area contributed by atoms with Crippen LogP contribution in [0.25, 0.3) is 10.8 Å². The van der Waals surface area contributed by atoms with Gasteiger partial charge in [-0.1, -0.05) is 18.2 Å². The van der Waals surface area contributed by atoms with E-state index >= 15 is 0 Å². The van der Waals surface area contributed by atoms with Crippen molar-refractivity contribution in [3.8, 4) is 11.6 Å². The third-order valence-electron chi connectivity index (χ3n) is 2.78. The van der Waals surface area contributed by atoms with Crippen molar-refractivity contribution >= 4 is 22.7 Å². The number of benzene rings is 2. The Morgan fingerprint density at radius 3 is 2.58 bits per heavy atom. The Morgan fingerprint density at radius 2 is 1.79 bits per heavy atom. The minimum Gasteiger partial charge on any atom is -0.439 e. The van der Waals surface area contributed by atoms with Crippen molar-refractivity contribution < 1.29 is 4.74 Å². The molecule has 2 N–H and O–H groups in total. The lowest BCUT2D eigenvalue weighted by Crippen LogP contribution is -1.87. The van der Waals surface area contributed by atoms with Crippen LogP contribution in [0, 0.1) is 0 Å². The van der Waals surface area contributed by atoms with E-state index in [1.807, 2.05) is 48.5 Å². The van der Waals surface area contributed by atoms with Crippen molar-refractivity contribution in [2.24, 2.45) is 5.14 Å². The Bertz CT molecular complexity index is 701. The number of nitrogens with two attached hydrogens (primary N) is 1. The van der Waals surface area contributed by atoms with Gasteiger partial charge >= 0.3 is 0 Å². The van der Waals surface area contributed by atoms with E-state index in [-0.39, 0.29) is 0 Å². The summed E-state index contributed by atoms with van der Waals surface area (Å²) in [5, 5.41) is 7.82. The van der Waals surface area contributed by atoms with Crippen molar-refractivity contribution in [3.63, 3.8) is 0 Å². The molecule has 0 spiro atoms. The average molecular weight is 268 g/mol. The summed E-state index contributed by atoms with van der Waals surface area (Å²) in [4.78, 5) is 5.19. The Hall–Kier alpha value is -2.04. The first kappa shape index (κ1) is 12.0. The summed E-state index contributed by atoms with van der Waals surface area (Å²) >= 11 is 1.25. The monoisotopic (exact) mass is 268 g/mol. The van der Waals surface area contributed by atoms with Crippen LogP contribution in [0.2, 0.25) is 0 Å². The smallest absolute Gasteiger partial charge is 0.219 e. The lowest BCUT2D eigenvalue weighted by molar-refractivity contribution is 0.463. The van der Waals surface area contributed by atoms with E-state index < -0.39 is 0 Å². The Morgan fingerprint density at radius 1 is 0.947 bits per heavy atom. The van der Waals surface area contributed by atoms with Gasteiger partial charge in [0.1, 0.15) is 5.75 Å². The molecule has 94 valence electrons. The van der Waals surface area contributed by atoms with Gasteiger partial charge in [-0.15, -0.1) is 0 Å². The van der Waals surface area contributed by atoms with Crippen LogP contribution in [0.5, 0.6) is 11.6 Å². The SMILES string of the molecule is NSc1ccc2cc(Oc3ccccn3)ccc2c1. The van der Waals surface area contributed by atoms with E-state index in [4.69, 9.17) is 9.88 Å². The maximum Gasteiger partial charge on any atom is 0.219 e. The van der Waals surface area contributed by atoms with Crippen molar-refractivity contribution in [1.29, 1.82) is 0 Å². The summed E-state index contributed by atoms with van der Waals surface area (Å²) in [5.74, 6) is 1.37. The highest BCUT2D eigenvalue weighted by molar-refractivity contribution is 7.97. The number of pyridine rings is 1. The minimum atomic E-state index is 0.594. The fourth-order valence-corrected chi connectivity index (χ4v) is 2.21. The van der Waals surface area contributed by atoms with Crippen LogP contribution in [-0.2, 0) is 0 Å². The highest BCUT2D eigenvalue weighted by atomic mass is 32.2. The molecule has 0 aliphatic carbocycles. The number of rotatable bonds is 3. The fourth-order valence-electron chi connectivity index (χ4n) is 1.87. The van der Waals surface area contributed by atoms with Gasteiger partial charge in [0.05, 0.1) is 0 Å². The van der Waals surface area contributed by atoms with Gasteiger partial charge in [0, 0.05) is 17.2 Å². The summed E-state index contributed by atoms with van der Waals surface area (Å²) in [7, 11) is 0. The largest absolute Gasteiger partial charge is 0.439 e. The molecule has 4 heteroatoms. The van der Waals surface area contributed by atoms with E-state index in [2.05, 4.69) is 11.1 Å². The van der Waals surface area contributed by atoms with E-state index in [1.165, 1.54) is 11.9 Å². The average Bonchev–Trinajstić information content (AvgIpc) is 2.48. The molecule has 1 aromatic heterocycles. The van der Waals surface area contributed by atoms with Crippen LogP contribution < -0.4 is 9.88 Å². The van der Waals surface area contributed by atoms with Crippen LogP contribution in [0.3, 0.4) is 0 Å². The van der Waals surface area contributed by atoms with Crippen molar-refractivity contribution in [2.75, 3.05) is 0 Å².